The summed E-state index contributed by atoms with van der Waals surface area (Å²) in [6, 6.07) is 2.50. The van der Waals surface area contributed by atoms with Gasteiger partial charge in [0.1, 0.15) is 12.1 Å². The first-order valence-corrected chi connectivity index (χ1v) is 6.23. The van der Waals surface area contributed by atoms with Gasteiger partial charge in [-0.15, -0.1) is 0 Å². The molecule has 0 aromatic carbocycles. The molecule has 3 heteroatoms. The molecule has 0 spiro atoms. The molecule has 0 amide bonds. The fraction of sp³-hybridized carbons (Fsp3) is 0.692. The maximum atomic E-state index is 4.24. The number of anilines is 1. The van der Waals surface area contributed by atoms with Crippen LogP contribution >= 0.6 is 0 Å². The third-order valence-corrected chi connectivity index (χ3v) is 2.93. The molecular weight excluding hydrogens is 198 g/mol. The van der Waals surface area contributed by atoms with Crippen molar-refractivity contribution in [2.45, 2.75) is 53.0 Å². The third-order valence-electron chi connectivity index (χ3n) is 2.93. The Morgan fingerprint density at radius 2 is 2.00 bits per heavy atom. The van der Waals surface area contributed by atoms with Crippen molar-refractivity contribution in [3.63, 3.8) is 0 Å². The summed E-state index contributed by atoms with van der Waals surface area (Å²) in [5.74, 6) is 1.71. The van der Waals surface area contributed by atoms with Gasteiger partial charge in [-0.2, -0.15) is 0 Å². The second-order valence-electron chi connectivity index (χ2n) is 4.54. The molecule has 16 heavy (non-hydrogen) atoms. The normalized spacial score (nSPS) is 14.5. The molecule has 1 aromatic heterocycles. The minimum absolute atomic E-state index is 0.467. The zero-order valence-electron chi connectivity index (χ0n) is 10.8. The van der Waals surface area contributed by atoms with E-state index in [2.05, 4.69) is 43.0 Å². The molecule has 0 aliphatic carbocycles. The van der Waals surface area contributed by atoms with E-state index in [0.717, 1.165) is 23.9 Å². The number of aryl methyl sites for hydroxylation is 1. The van der Waals surface area contributed by atoms with Crippen LogP contribution in [0.25, 0.3) is 0 Å². The van der Waals surface area contributed by atoms with Crippen molar-refractivity contribution in [1.82, 2.24) is 9.97 Å². The SMILES string of the molecule is CCc1cc(NC(C)CC(C)CC)ncn1. The monoisotopic (exact) mass is 221 g/mol. The first kappa shape index (κ1) is 12.9. The highest BCUT2D eigenvalue weighted by Gasteiger charge is 2.07. The van der Waals surface area contributed by atoms with Gasteiger partial charge in [-0.25, -0.2) is 9.97 Å². The Hall–Kier alpha value is -1.12. The van der Waals surface area contributed by atoms with E-state index in [9.17, 15) is 0 Å². The summed E-state index contributed by atoms with van der Waals surface area (Å²) in [5.41, 5.74) is 1.09. The van der Waals surface area contributed by atoms with Crippen LogP contribution in [0.2, 0.25) is 0 Å². The number of hydrogen-bond donors (Lipinski definition) is 1. The van der Waals surface area contributed by atoms with E-state index in [1.54, 1.807) is 6.33 Å². The van der Waals surface area contributed by atoms with Crippen molar-refractivity contribution in [3.05, 3.63) is 18.1 Å². The summed E-state index contributed by atoms with van der Waals surface area (Å²) < 4.78 is 0. The molecular formula is C13H23N3. The predicted molar refractivity (Wildman–Crippen MR) is 68.6 cm³/mol. The molecule has 0 radical (unpaired) electrons. The fourth-order valence-corrected chi connectivity index (χ4v) is 1.75. The molecule has 1 heterocycles. The molecule has 0 bridgehead atoms. The molecule has 0 aliphatic rings. The highest BCUT2D eigenvalue weighted by atomic mass is 15.0. The van der Waals surface area contributed by atoms with Crippen LogP contribution in [-0.4, -0.2) is 16.0 Å². The van der Waals surface area contributed by atoms with Gasteiger partial charge in [0.25, 0.3) is 0 Å². The summed E-state index contributed by atoms with van der Waals surface area (Å²) in [5, 5.41) is 3.43. The van der Waals surface area contributed by atoms with E-state index in [4.69, 9.17) is 0 Å². The zero-order valence-corrected chi connectivity index (χ0v) is 10.8. The molecule has 0 aliphatic heterocycles. The Bertz CT molecular complexity index is 312. The molecule has 1 rings (SSSR count). The lowest BCUT2D eigenvalue weighted by atomic mass is 10.0. The van der Waals surface area contributed by atoms with Crippen LogP contribution < -0.4 is 5.32 Å². The molecule has 0 saturated carbocycles. The summed E-state index contributed by atoms with van der Waals surface area (Å²) in [4.78, 5) is 8.43. The van der Waals surface area contributed by atoms with Crippen LogP contribution in [0.15, 0.2) is 12.4 Å². The Morgan fingerprint density at radius 3 is 2.62 bits per heavy atom. The zero-order chi connectivity index (χ0) is 12.0. The van der Waals surface area contributed by atoms with E-state index >= 15 is 0 Å². The lowest BCUT2D eigenvalue weighted by Gasteiger charge is -2.18. The highest BCUT2D eigenvalue weighted by molar-refractivity contribution is 5.35. The lowest BCUT2D eigenvalue weighted by Crippen LogP contribution is -2.19. The van der Waals surface area contributed by atoms with Crippen LogP contribution in [0.4, 0.5) is 5.82 Å². The van der Waals surface area contributed by atoms with Crippen LogP contribution in [0.1, 0.15) is 46.2 Å². The minimum atomic E-state index is 0.467. The van der Waals surface area contributed by atoms with E-state index in [0.29, 0.717) is 6.04 Å². The predicted octanol–water partition coefficient (Wildman–Crippen LogP) is 3.28. The van der Waals surface area contributed by atoms with Gasteiger partial charge in [-0.1, -0.05) is 27.2 Å². The molecule has 1 N–H and O–H groups in total. The van der Waals surface area contributed by atoms with E-state index in [1.807, 2.05) is 6.07 Å². The van der Waals surface area contributed by atoms with Crippen LogP contribution in [0.3, 0.4) is 0 Å². The van der Waals surface area contributed by atoms with Crippen molar-refractivity contribution >= 4 is 5.82 Å². The van der Waals surface area contributed by atoms with Gasteiger partial charge in [-0.05, 0) is 25.7 Å². The average Bonchev–Trinajstić information content (AvgIpc) is 2.28. The van der Waals surface area contributed by atoms with Gasteiger partial charge in [0, 0.05) is 17.8 Å². The third kappa shape index (κ3) is 4.17. The Balaban J connectivity index is 2.51. The molecule has 1 aromatic rings. The van der Waals surface area contributed by atoms with E-state index in [1.165, 1.54) is 12.8 Å². The van der Waals surface area contributed by atoms with Gasteiger partial charge in [-0.3, -0.25) is 0 Å². The summed E-state index contributed by atoms with van der Waals surface area (Å²) in [7, 11) is 0. The van der Waals surface area contributed by atoms with Gasteiger partial charge in [0.2, 0.25) is 0 Å². The second kappa shape index (κ2) is 6.46. The highest BCUT2D eigenvalue weighted by Crippen LogP contribution is 2.13. The molecule has 2 unspecified atom stereocenters. The average molecular weight is 221 g/mol. The van der Waals surface area contributed by atoms with Crippen molar-refractivity contribution in [2.24, 2.45) is 5.92 Å². The topological polar surface area (TPSA) is 37.8 Å². The lowest BCUT2D eigenvalue weighted by molar-refractivity contribution is 0.483. The number of hydrogen-bond acceptors (Lipinski definition) is 3. The van der Waals surface area contributed by atoms with Gasteiger partial charge >= 0.3 is 0 Å². The largest absolute Gasteiger partial charge is 0.368 e. The number of nitrogens with zero attached hydrogens (tertiary/aromatic N) is 2. The summed E-state index contributed by atoms with van der Waals surface area (Å²) in [6.07, 6.45) is 5.01. The Labute approximate surface area is 98.7 Å². The Morgan fingerprint density at radius 1 is 1.25 bits per heavy atom. The molecule has 90 valence electrons. The molecule has 3 nitrogen and oxygen atoms in total. The maximum absolute atomic E-state index is 4.24. The van der Waals surface area contributed by atoms with E-state index < -0.39 is 0 Å². The van der Waals surface area contributed by atoms with Crippen molar-refractivity contribution in [3.8, 4) is 0 Å². The summed E-state index contributed by atoms with van der Waals surface area (Å²) in [6.45, 7) is 8.83. The quantitative estimate of drug-likeness (QED) is 0.801. The van der Waals surface area contributed by atoms with Crippen molar-refractivity contribution in [1.29, 1.82) is 0 Å². The molecule has 0 saturated heterocycles. The fourth-order valence-electron chi connectivity index (χ4n) is 1.75. The van der Waals surface area contributed by atoms with E-state index in [-0.39, 0.29) is 0 Å². The van der Waals surface area contributed by atoms with Crippen LogP contribution in [0, 0.1) is 5.92 Å². The van der Waals surface area contributed by atoms with Gasteiger partial charge < -0.3 is 5.32 Å². The summed E-state index contributed by atoms with van der Waals surface area (Å²) >= 11 is 0. The van der Waals surface area contributed by atoms with Gasteiger partial charge in [0.15, 0.2) is 0 Å². The first-order valence-electron chi connectivity index (χ1n) is 6.23. The maximum Gasteiger partial charge on any atom is 0.129 e. The second-order valence-corrected chi connectivity index (χ2v) is 4.54. The van der Waals surface area contributed by atoms with Crippen LogP contribution in [-0.2, 0) is 6.42 Å². The first-order chi connectivity index (χ1) is 7.65. The number of nitrogens with one attached hydrogen (secondary N) is 1. The number of aromatic nitrogens is 2. The van der Waals surface area contributed by atoms with Gasteiger partial charge in [0.05, 0.1) is 0 Å². The van der Waals surface area contributed by atoms with Crippen LogP contribution in [0.5, 0.6) is 0 Å². The Kier molecular flexibility index (Phi) is 5.23. The minimum Gasteiger partial charge on any atom is -0.368 e. The standard InChI is InChI=1S/C13H23N3/c1-5-10(3)7-11(4)16-13-8-12(6-2)14-9-15-13/h8-11H,5-7H2,1-4H3,(H,14,15,16). The molecule has 2 atom stereocenters. The van der Waals surface area contributed by atoms with Crippen molar-refractivity contribution in [2.75, 3.05) is 5.32 Å². The van der Waals surface area contributed by atoms with Crippen molar-refractivity contribution < 1.29 is 0 Å². The number of rotatable bonds is 6. The molecule has 0 fully saturated rings. The smallest absolute Gasteiger partial charge is 0.129 e.